The third kappa shape index (κ3) is 4.60. The molecule has 5 nitrogen and oxygen atoms in total. The highest BCUT2D eigenvalue weighted by Gasteiger charge is 2.29. The van der Waals surface area contributed by atoms with Gasteiger partial charge >= 0.3 is 0 Å². The van der Waals surface area contributed by atoms with Gasteiger partial charge in [0.2, 0.25) is 5.91 Å². The van der Waals surface area contributed by atoms with Crippen LogP contribution >= 0.6 is 11.3 Å². The molecule has 1 N–H and O–H groups in total. The third-order valence-electron chi connectivity index (χ3n) is 6.63. The first-order valence-corrected chi connectivity index (χ1v) is 12.2. The van der Waals surface area contributed by atoms with Crippen LogP contribution in [0.15, 0.2) is 42.5 Å². The van der Waals surface area contributed by atoms with Crippen LogP contribution in [0.5, 0.6) is 0 Å². The summed E-state index contributed by atoms with van der Waals surface area (Å²) in [5.74, 6) is 0.689. The quantitative estimate of drug-likeness (QED) is 0.601. The maximum absolute atomic E-state index is 12.7. The molecule has 0 unspecified atom stereocenters. The van der Waals surface area contributed by atoms with Crippen LogP contribution in [0.1, 0.15) is 36.8 Å². The maximum atomic E-state index is 12.7. The second-order valence-corrected chi connectivity index (χ2v) is 9.87. The first-order valence-electron chi connectivity index (χ1n) is 11.4. The molecule has 1 aliphatic heterocycles. The molecule has 5 rings (SSSR count). The smallest absolute Gasteiger partial charge is 0.225 e. The van der Waals surface area contributed by atoms with Gasteiger partial charge in [0.05, 0.1) is 10.2 Å². The second kappa shape index (κ2) is 8.97. The summed E-state index contributed by atoms with van der Waals surface area (Å²) in [4.78, 5) is 22.0. The van der Waals surface area contributed by atoms with Crippen molar-refractivity contribution in [2.24, 2.45) is 5.92 Å². The topological polar surface area (TPSA) is 48.5 Å². The lowest BCUT2D eigenvalue weighted by Crippen LogP contribution is -2.49. The van der Waals surface area contributed by atoms with E-state index in [9.17, 15) is 4.79 Å². The number of thiazole rings is 1. The Labute approximate surface area is 188 Å². The predicted molar refractivity (Wildman–Crippen MR) is 128 cm³/mol. The van der Waals surface area contributed by atoms with Crippen LogP contribution in [0.25, 0.3) is 10.2 Å². The van der Waals surface area contributed by atoms with E-state index in [4.69, 9.17) is 4.98 Å². The standard InChI is InChI=1S/C25H30N4OS/c1-18-10-11-19(16-22(18)27-25-26-21-8-4-5-9-23(21)31-25)17-28-12-14-29(15-13-28)24(30)20-6-2-3-7-20/h4-5,8-11,16,20H,2-3,6-7,12-15,17H2,1H3,(H,26,27). The Balaban J connectivity index is 1.21. The van der Waals surface area contributed by atoms with Gasteiger partial charge in [-0.2, -0.15) is 0 Å². The number of fused-ring (bicyclic) bond motifs is 1. The Hall–Kier alpha value is -2.44. The van der Waals surface area contributed by atoms with E-state index in [1.165, 1.54) is 28.7 Å². The highest BCUT2D eigenvalue weighted by Crippen LogP contribution is 2.30. The summed E-state index contributed by atoms with van der Waals surface area (Å²) in [6, 6.07) is 14.9. The molecule has 0 bridgehead atoms. The van der Waals surface area contributed by atoms with Gasteiger partial charge in [0.15, 0.2) is 5.13 Å². The first kappa shape index (κ1) is 20.5. The van der Waals surface area contributed by atoms with Crippen molar-refractivity contribution in [3.8, 4) is 0 Å². The molecule has 1 saturated carbocycles. The summed E-state index contributed by atoms with van der Waals surface area (Å²) in [7, 11) is 0. The zero-order valence-electron chi connectivity index (χ0n) is 18.1. The first-order chi connectivity index (χ1) is 15.2. The highest BCUT2D eigenvalue weighted by atomic mass is 32.1. The number of aryl methyl sites for hydroxylation is 1. The molecule has 0 atom stereocenters. The lowest BCUT2D eigenvalue weighted by Gasteiger charge is -2.36. The van der Waals surface area contributed by atoms with Gasteiger partial charge < -0.3 is 10.2 Å². The van der Waals surface area contributed by atoms with Crippen molar-refractivity contribution in [1.82, 2.24) is 14.8 Å². The van der Waals surface area contributed by atoms with Gasteiger partial charge in [0, 0.05) is 44.3 Å². The number of aromatic nitrogens is 1. The lowest BCUT2D eigenvalue weighted by atomic mass is 10.1. The number of amides is 1. The number of rotatable bonds is 5. The highest BCUT2D eigenvalue weighted by molar-refractivity contribution is 7.22. The van der Waals surface area contributed by atoms with Crippen molar-refractivity contribution in [3.05, 3.63) is 53.6 Å². The molecule has 3 aromatic rings. The van der Waals surface area contributed by atoms with E-state index in [-0.39, 0.29) is 0 Å². The summed E-state index contributed by atoms with van der Waals surface area (Å²) in [5, 5.41) is 4.46. The maximum Gasteiger partial charge on any atom is 0.225 e. The van der Waals surface area contributed by atoms with E-state index in [0.717, 1.165) is 61.9 Å². The molecular weight excluding hydrogens is 404 g/mol. The van der Waals surface area contributed by atoms with Gasteiger partial charge in [-0.15, -0.1) is 0 Å². The van der Waals surface area contributed by atoms with Crippen LogP contribution in [0.3, 0.4) is 0 Å². The van der Waals surface area contributed by atoms with Crippen LogP contribution in [0.2, 0.25) is 0 Å². The Morgan fingerprint density at radius 3 is 2.65 bits per heavy atom. The molecule has 2 aromatic carbocycles. The molecule has 1 amide bonds. The lowest BCUT2D eigenvalue weighted by molar-refractivity contribution is -0.137. The molecule has 2 fully saturated rings. The molecule has 2 aliphatic rings. The molecular formula is C25H30N4OS. The van der Waals surface area contributed by atoms with E-state index >= 15 is 0 Å². The number of piperazine rings is 1. The van der Waals surface area contributed by atoms with Crippen molar-refractivity contribution in [2.75, 3.05) is 31.5 Å². The number of anilines is 2. The molecule has 0 spiro atoms. The van der Waals surface area contributed by atoms with Crippen LogP contribution < -0.4 is 5.32 Å². The summed E-state index contributed by atoms with van der Waals surface area (Å²) in [6.07, 6.45) is 4.62. The Morgan fingerprint density at radius 1 is 1.10 bits per heavy atom. The molecule has 162 valence electrons. The van der Waals surface area contributed by atoms with Crippen molar-refractivity contribution in [1.29, 1.82) is 0 Å². The summed E-state index contributed by atoms with van der Waals surface area (Å²) >= 11 is 1.69. The summed E-state index contributed by atoms with van der Waals surface area (Å²) < 4.78 is 1.20. The summed E-state index contributed by atoms with van der Waals surface area (Å²) in [5.41, 5.74) is 4.67. The average molecular weight is 435 g/mol. The SMILES string of the molecule is Cc1ccc(CN2CCN(C(=O)C3CCCC3)CC2)cc1Nc1nc2ccccc2s1. The van der Waals surface area contributed by atoms with E-state index < -0.39 is 0 Å². The molecule has 6 heteroatoms. The van der Waals surface area contributed by atoms with Gasteiger partial charge in [0.1, 0.15) is 0 Å². The van der Waals surface area contributed by atoms with E-state index in [0.29, 0.717) is 11.8 Å². The van der Waals surface area contributed by atoms with E-state index in [1.54, 1.807) is 11.3 Å². The molecule has 1 saturated heterocycles. The third-order valence-corrected chi connectivity index (χ3v) is 7.58. The van der Waals surface area contributed by atoms with Crippen LogP contribution in [-0.2, 0) is 11.3 Å². The van der Waals surface area contributed by atoms with Crippen molar-refractivity contribution in [2.45, 2.75) is 39.2 Å². The van der Waals surface area contributed by atoms with Crippen molar-refractivity contribution in [3.63, 3.8) is 0 Å². The van der Waals surface area contributed by atoms with E-state index in [1.807, 2.05) is 6.07 Å². The van der Waals surface area contributed by atoms with Gasteiger partial charge in [0.25, 0.3) is 0 Å². The minimum absolute atomic E-state index is 0.291. The number of hydrogen-bond donors (Lipinski definition) is 1. The minimum Gasteiger partial charge on any atom is -0.340 e. The number of nitrogens with one attached hydrogen (secondary N) is 1. The molecule has 1 aromatic heterocycles. The van der Waals surface area contributed by atoms with E-state index in [2.05, 4.69) is 58.4 Å². The van der Waals surface area contributed by atoms with Crippen LogP contribution in [0.4, 0.5) is 10.8 Å². The number of hydrogen-bond acceptors (Lipinski definition) is 5. The summed E-state index contributed by atoms with van der Waals surface area (Å²) in [6.45, 7) is 6.67. The number of benzene rings is 2. The van der Waals surface area contributed by atoms with Crippen molar-refractivity contribution >= 4 is 38.3 Å². The molecule has 0 radical (unpaired) electrons. The van der Waals surface area contributed by atoms with Crippen LogP contribution in [0, 0.1) is 12.8 Å². The number of nitrogens with zero attached hydrogens (tertiary/aromatic N) is 3. The number of para-hydroxylation sites is 1. The monoisotopic (exact) mass is 434 g/mol. The Morgan fingerprint density at radius 2 is 1.87 bits per heavy atom. The van der Waals surface area contributed by atoms with Gasteiger partial charge in [-0.25, -0.2) is 4.98 Å². The molecule has 1 aliphatic carbocycles. The zero-order chi connectivity index (χ0) is 21.2. The average Bonchev–Trinajstić information content (AvgIpc) is 3.46. The molecule has 31 heavy (non-hydrogen) atoms. The Kier molecular flexibility index (Phi) is 5.92. The number of carbonyl (C=O) groups is 1. The van der Waals surface area contributed by atoms with Gasteiger partial charge in [-0.05, 0) is 49.1 Å². The largest absolute Gasteiger partial charge is 0.340 e. The van der Waals surface area contributed by atoms with Gasteiger partial charge in [-0.1, -0.05) is 48.4 Å². The second-order valence-electron chi connectivity index (χ2n) is 8.84. The van der Waals surface area contributed by atoms with Gasteiger partial charge in [-0.3, -0.25) is 9.69 Å². The fourth-order valence-corrected chi connectivity index (χ4v) is 5.64. The predicted octanol–water partition coefficient (Wildman–Crippen LogP) is 5.18. The normalized spacial score (nSPS) is 18.0. The number of carbonyl (C=O) groups excluding carboxylic acids is 1. The fourth-order valence-electron chi connectivity index (χ4n) is 4.76. The fraction of sp³-hybridized carbons (Fsp3) is 0.440. The van der Waals surface area contributed by atoms with Crippen LogP contribution in [-0.4, -0.2) is 46.9 Å². The van der Waals surface area contributed by atoms with Crippen molar-refractivity contribution < 1.29 is 4.79 Å². The molecule has 2 heterocycles. The minimum atomic E-state index is 0.291. The Bertz CT molecular complexity index is 1030. The zero-order valence-corrected chi connectivity index (χ0v) is 19.0.